The van der Waals surface area contributed by atoms with Crippen molar-refractivity contribution in [2.45, 2.75) is 38.0 Å². The molecule has 1 atom stereocenters. The molecular weight excluding hydrogens is 439 g/mol. The van der Waals surface area contributed by atoms with E-state index >= 15 is 0 Å². The molecule has 2 N–H and O–H groups in total. The van der Waals surface area contributed by atoms with Crippen LogP contribution in [0.15, 0.2) is 35.3 Å². The zero-order valence-electron chi connectivity index (χ0n) is 18.1. The quantitative estimate of drug-likeness (QED) is 0.537. The fourth-order valence-corrected chi connectivity index (χ4v) is 4.87. The smallest absolute Gasteiger partial charge is 0.270 e. The second-order valence-corrected chi connectivity index (χ2v) is 9.56. The number of aromatic nitrogens is 2. The highest BCUT2D eigenvalue weighted by Gasteiger charge is 2.30. The molecule has 4 heterocycles. The third kappa shape index (κ3) is 3.98. The van der Waals surface area contributed by atoms with Gasteiger partial charge < -0.3 is 19.8 Å². The Hall–Kier alpha value is -2.96. The number of carbonyl (C=O) groups excluding carboxylic acids is 1. The van der Waals surface area contributed by atoms with Crippen LogP contribution in [0.2, 0.25) is 0 Å². The summed E-state index contributed by atoms with van der Waals surface area (Å²) in [6.45, 7) is 2.94. The molecule has 1 unspecified atom stereocenters. The van der Waals surface area contributed by atoms with Gasteiger partial charge in [0.1, 0.15) is 23.3 Å². The lowest BCUT2D eigenvalue weighted by molar-refractivity contribution is 0.0145. The van der Waals surface area contributed by atoms with Crippen LogP contribution in [0.3, 0.4) is 0 Å². The van der Waals surface area contributed by atoms with Gasteiger partial charge in [-0.3, -0.25) is 14.5 Å². The Balaban J connectivity index is 1.08. The number of pyridine rings is 2. The Labute approximate surface area is 192 Å². The molecule has 8 nitrogen and oxygen atoms in total. The number of ether oxygens (including phenoxy) is 2. The van der Waals surface area contributed by atoms with Crippen LogP contribution < -0.4 is 25.7 Å². The Kier molecular flexibility index (Phi) is 5.07. The number of hydrogen-bond acceptors (Lipinski definition) is 6. The molecule has 1 saturated carbocycles. The molecule has 1 aromatic carbocycles. The molecule has 2 fully saturated rings. The molecule has 3 aliphatic rings. The van der Waals surface area contributed by atoms with Gasteiger partial charge in [-0.15, -0.1) is 9.24 Å². The van der Waals surface area contributed by atoms with E-state index in [9.17, 15) is 9.59 Å². The van der Waals surface area contributed by atoms with Crippen molar-refractivity contribution in [3.8, 4) is 11.5 Å². The first kappa shape index (κ1) is 20.6. The summed E-state index contributed by atoms with van der Waals surface area (Å²) >= 11 is 0. The lowest BCUT2D eigenvalue weighted by Crippen LogP contribution is -2.53. The maximum atomic E-state index is 12.4. The first-order valence-electron chi connectivity index (χ1n) is 11.3. The van der Waals surface area contributed by atoms with Crippen molar-refractivity contribution in [1.82, 2.24) is 20.2 Å². The first-order chi connectivity index (χ1) is 16.0. The Morgan fingerprint density at radius 3 is 2.88 bits per heavy atom. The van der Waals surface area contributed by atoms with E-state index < -0.39 is 0 Å². The Morgan fingerprint density at radius 2 is 2.12 bits per heavy atom. The minimum absolute atomic E-state index is 0.0575. The van der Waals surface area contributed by atoms with E-state index in [1.165, 1.54) is 0 Å². The molecule has 0 spiro atoms. The maximum absolute atomic E-state index is 12.4. The molecular formula is C24H25N4O4P. The summed E-state index contributed by atoms with van der Waals surface area (Å²) in [7, 11) is 2.78. The molecule has 2 aromatic heterocycles. The van der Waals surface area contributed by atoms with Crippen molar-refractivity contribution in [2.75, 3.05) is 19.7 Å². The van der Waals surface area contributed by atoms with E-state index in [-0.39, 0.29) is 17.6 Å². The summed E-state index contributed by atoms with van der Waals surface area (Å²) in [5, 5.41) is 4.89. The van der Waals surface area contributed by atoms with Crippen molar-refractivity contribution in [3.63, 3.8) is 0 Å². The molecule has 33 heavy (non-hydrogen) atoms. The fraction of sp³-hybridized carbons (Fsp3) is 0.375. The molecule has 1 amide bonds. The van der Waals surface area contributed by atoms with Crippen molar-refractivity contribution in [1.29, 1.82) is 0 Å². The molecule has 170 valence electrons. The lowest BCUT2D eigenvalue weighted by atomic mass is 10.1. The zero-order chi connectivity index (χ0) is 22.5. The van der Waals surface area contributed by atoms with E-state index in [0.29, 0.717) is 30.5 Å². The lowest BCUT2D eigenvalue weighted by Gasteiger charge is -2.39. The summed E-state index contributed by atoms with van der Waals surface area (Å²) < 4.78 is 11.7. The minimum atomic E-state index is -0.125. The normalized spacial score (nSPS) is 18.0. The molecule has 2 aliphatic heterocycles. The fourth-order valence-electron chi connectivity index (χ4n) is 4.46. The van der Waals surface area contributed by atoms with Crippen LogP contribution in [-0.4, -0.2) is 52.6 Å². The monoisotopic (exact) mass is 464 g/mol. The van der Waals surface area contributed by atoms with Gasteiger partial charge in [-0.25, -0.2) is 4.98 Å². The number of likely N-dealkylation sites (tertiary alicyclic amines) is 1. The second-order valence-electron chi connectivity index (χ2n) is 8.98. The van der Waals surface area contributed by atoms with Crippen LogP contribution in [0.1, 0.15) is 34.5 Å². The predicted molar refractivity (Wildman–Crippen MR) is 128 cm³/mol. The van der Waals surface area contributed by atoms with Gasteiger partial charge in [0.2, 0.25) is 0 Å². The van der Waals surface area contributed by atoms with Crippen LogP contribution in [0.25, 0.3) is 10.9 Å². The van der Waals surface area contributed by atoms with Gasteiger partial charge in [-0.05, 0) is 41.9 Å². The van der Waals surface area contributed by atoms with Crippen LogP contribution in [-0.2, 0) is 13.0 Å². The number of hydrogen-bond donors (Lipinski definition) is 2. The van der Waals surface area contributed by atoms with E-state index in [1.54, 1.807) is 18.3 Å². The number of nitrogens with one attached hydrogen (secondary N) is 2. The summed E-state index contributed by atoms with van der Waals surface area (Å²) in [4.78, 5) is 34.0. The second kappa shape index (κ2) is 8.12. The Morgan fingerprint density at radius 1 is 1.27 bits per heavy atom. The molecule has 3 aromatic rings. The van der Waals surface area contributed by atoms with Crippen molar-refractivity contribution >= 4 is 31.4 Å². The topological polar surface area (TPSA) is 96.6 Å². The molecule has 9 heteroatoms. The van der Waals surface area contributed by atoms with Gasteiger partial charge >= 0.3 is 0 Å². The van der Waals surface area contributed by atoms with Gasteiger partial charge in [0.15, 0.2) is 0 Å². The summed E-state index contributed by atoms with van der Waals surface area (Å²) in [5.41, 5.74) is 3.08. The van der Waals surface area contributed by atoms with Crippen LogP contribution in [0.4, 0.5) is 0 Å². The van der Waals surface area contributed by atoms with Gasteiger partial charge in [0, 0.05) is 37.5 Å². The summed E-state index contributed by atoms with van der Waals surface area (Å²) in [5.74, 6) is 1.28. The van der Waals surface area contributed by atoms with Gasteiger partial charge in [0.05, 0.1) is 23.9 Å². The Bertz CT molecular complexity index is 1300. The SMILES string of the molecule is O=C(NC1CC1)c1ccc(OC2CN(Cc3ccc4c5c(c(=O)[nH]c4c3P)CCO5)C2)cn1. The van der Waals surface area contributed by atoms with Gasteiger partial charge in [-0.1, -0.05) is 6.07 Å². The molecule has 1 aliphatic carbocycles. The predicted octanol–water partition coefficient (Wildman–Crippen LogP) is 1.51. The number of amides is 1. The van der Waals surface area contributed by atoms with Gasteiger partial charge in [0.25, 0.3) is 11.5 Å². The first-order valence-corrected chi connectivity index (χ1v) is 11.9. The standard InChI is InChI=1S/C24H25N4O4P/c29-23-18-7-8-31-21(18)17-5-1-13(22(33)20(17)27-23)10-28-11-16(12-28)32-15-4-6-19(25-9-15)24(30)26-14-2-3-14/h1,4-6,9,14,16H,2-3,7-8,10-12,33H2,(H,26,30)(H,27,29). The van der Waals surface area contributed by atoms with E-state index in [4.69, 9.17) is 9.47 Å². The van der Waals surface area contributed by atoms with Crippen LogP contribution in [0, 0.1) is 0 Å². The highest BCUT2D eigenvalue weighted by Crippen LogP contribution is 2.31. The number of benzene rings is 1. The number of nitrogens with zero attached hydrogens (tertiary/aromatic N) is 2. The minimum Gasteiger partial charge on any atom is -0.492 e. The molecule has 0 radical (unpaired) electrons. The number of fused-ring (bicyclic) bond motifs is 3. The zero-order valence-corrected chi connectivity index (χ0v) is 19.3. The maximum Gasteiger partial charge on any atom is 0.270 e. The van der Waals surface area contributed by atoms with Crippen molar-refractivity contribution in [3.05, 3.63) is 57.6 Å². The van der Waals surface area contributed by atoms with Crippen molar-refractivity contribution in [2.24, 2.45) is 0 Å². The third-order valence-corrected chi connectivity index (χ3v) is 7.13. The van der Waals surface area contributed by atoms with E-state index in [0.717, 1.165) is 65.6 Å². The van der Waals surface area contributed by atoms with Crippen LogP contribution >= 0.6 is 9.24 Å². The largest absolute Gasteiger partial charge is 0.492 e. The van der Waals surface area contributed by atoms with Gasteiger partial charge in [-0.2, -0.15) is 0 Å². The highest BCUT2D eigenvalue weighted by molar-refractivity contribution is 7.28. The summed E-state index contributed by atoms with van der Waals surface area (Å²) in [6.07, 6.45) is 4.47. The number of rotatable bonds is 6. The number of H-pyrrole nitrogens is 1. The number of carbonyl (C=O) groups is 1. The van der Waals surface area contributed by atoms with E-state index in [2.05, 4.69) is 35.5 Å². The van der Waals surface area contributed by atoms with Crippen LogP contribution in [0.5, 0.6) is 11.5 Å². The average Bonchev–Trinajstić information content (AvgIpc) is 3.45. The molecule has 0 bridgehead atoms. The van der Waals surface area contributed by atoms with Crippen molar-refractivity contribution < 1.29 is 14.3 Å². The van der Waals surface area contributed by atoms with E-state index in [1.807, 2.05) is 6.07 Å². The third-order valence-electron chi connectivity index (χ3n) is 6.47. The highest BCUT2D eigenvalue weighted by atomic mass is 31.0. The summed E-state index contributed by atoms with van der Waals surface area (Å²) in [6, 6.07) is 7.97. The average molecular weight is 464 g/mol. The number of aromatic amines is 1. The molecule has 6 rings (SSSR count). The molecule has 1 saturated heterocycles.